The molecule has 102 valence electrons. The van der Waals surface area contributed by atoms with E-state index in [0.717, 1.165) is 0 Å². The smallest absolute Gasteiger partial charge is 0.255 e. The van der Waals surface area contributed by atoms with Crippen molar-refractivity contribution >= 4 is 11.6 Å². The maximum absolute atomic E-state index is 12.1. The van der Waals surface area contributed by atoms with E-state index in [4.69, 9.17) is 14.2 Å². The molecule has 0 saturated heterocycles. The molecule has 1 aliphatic heterocycles. The Labute approximate surface area is 115 Å². The predicted molar refractivity (Wildman–Crippen MR) is 71.3 cm³/mol. The second-order valence-corrected chi connectivity index (χ2v) is 4.11. The Bertz CT molecular complexity index is 640. The van der Waals surface area contributed by atoms with Crippen LogP contribution >= 0.6 is 0 Å². The van der Waals surface area contributed by atoms with Crippen LogP contribution in [0.1, 0.15) is 10.4 Å². The van der Waals surface area contributed by atoms with Crippen molar-refractivity contribution in [2.24, 2.45) is 0 Å². The van der Waals surface area contributed by atoms with E-state index in [1.54, 1.807) is 30.3 Å². The molecule has 0 radical (unpaired) electrons. The van der Waals surface area contributed by atoms with Gasteiger partial charge in [-0.1, -0.05) is 0 Å². The maximum atomic E-state index is 12.1. The summed E-state index contributed by atoms with van der Waals surface area (Å²) in [5, 5.41) is 2.75. The summed E-state index contributed by atoms with van der Waals surface area (Å²) in [6.45, 7) is 0.183. The second kappa shape index (κ2) is 5.08. The lowest BCUT2D eigenvalue weighted by Gasteiger charge is -2.06. The van der Waals surface area contributed by atoms with Crippen molar-refractivity contribution in [3.05, 3.63) is 42.1 Å². The van der Waals surface area contributed by atoms with Crippen LogP contribution in [-0.2, 0) is 0 Å². The SMILES string of the molecule is COc1ccc(NC(=O)c2ccc3c(c2)OCO3)cn1. The van der Waals surface area contributed by atoms with Gasteiger partial charge in [0, 0.05) is 11.6 Å². The first-order valence-corrected chi connectivity index (χ1v) is 5.97. The number of hydrogen-bond donors (Lipinski definition) is 1. The van der Waals surface area contributed by atoms with Gasteiger partial charge in [-0.2, -0.15) is 0 Å². The summed E-state index contributed by atoms with van der Waals surface area (Å²) in [4.78, 5) is 16.1. The van der Waals surface area contributed by atoms with Gasteiger partial charge in [-0.05, 0) is 24.3 Å². The number of anilines is 1. The molecule has 1 amide bonds. The lowest BCUT2D eigenvalue weighted by atomic mass is 10.2. The molecule has 0 aliphatic carbocycles. The monoisotopic (exact) mass is 272 g/mol. The largest absolute Gasteiger partial charge is 0.481 e. The topological polar surface area (TPSA) is 69.7 Å². The van der Waals surface area contributed by atoms with E-state index < -0.39 is 0 Å². The van der Waals surface area contributed by atoms with Crippen molar-refractivity contribution in [3.8, 4) is 17.4 Å². The van der Waals surface area contributed by atoms with Gasteiger partial charge in [0.05, 0.1) is 19.0 Å². The molecular formula is C14H12N2O4. The number of carbonyl (C=O) groups is 1. The normalized spacial score (nSPS) is 12.1. The lowest BCUT2D eigenvalue weighted by Crippen LogP contribution is -2.11. The second-order valence-electron chi connectivity index (χ2n) is 4.11. The molecular weight excluding hydrogens is 260 g/mol. The van der Waals surface area contributed by atoms with Crippen LogP contribution in [0.4, 0.5) is 5.69 Å². The zero-order valence-electron chi connectivity index (χ0n) is 10.8. The summed E-state index contributed by atoms with van der Waals surface area (Å²) in [7, 11) is 1.53. The summed E-state index contributed by atoms with van der Waals surface area (Å²) in [5.74, 6) is 1.47. The first kappa shape index (κ1) is 12.3. The molecule has 2 heterocycles. The number of benzene rings is 1. The molecule has 20 heavy (non-hydrogen) atoms. The van der Waals surface area contributed by atoms with Crippen LogP contribution in [0.3, 0.4) is 0 Å². The number of pyridine rings is 1. The summed E-state index contributed by atoms with van der Waals surface area (Å²) in [6, 6.07) is 8.43. The molecule has 1 aromatic carbocycles. The van der Waals surface area contributed by atoms with E-state index in [1.165, 1.54) is 13.3 Å². The van der Waals surface area contributed by atoms with Gasteiger partial charge in [0.1, 0.15) is 0 Å². The quantitative estimate of drug-likeness (QED) is 0.926. The molecule has 6 heteroatoms. The Balaban J connectivity index is 1.75. The van der Waals surface area contributed by atoms with Crippen molar-refractivity contribution in [2.45, 2.75) is 0 Å². The fourth-order valence-corrected chi connectivity index (χ4v) is 1.82. The van der Waals surface area contributed by atoms with E-state index in [9.17, 15) is 4.79 Å². The zero-order chi connectivity index (χ0) is 13.9. The molecule has 0 bridgehead atoms. The van der Waals surface area contributed by atoms with Crippen molar-refractivity contribution in [1.82, 2.24) is 4.98 Å². The standard InChI is InChI=1S/C14H12N2O4/c1-18-13-5-3-10(7-15-13)16-14(17)9-2-4-11-12(6-9)20-8-19-11/h2-7H,8H2,1H3,(H,16,17). The minimum Gasteiger partial charge on any atom is -0.481 e. The molecule has 2 aromatic rings. The zero-order valence-corrected chi connectivity index (χ0v) is 10.8. The van der Waals surface area contributed by atoms with E-state index in [0.29, 0.717) is 28.6 Å². The Hall–Kier alpha value is -2.76. The van der Waals surface area contributed by atoms with E-state index >= 15 is 0 Å². The molecule has 0 spiro atoms. The van der Waals surface area contributed by atoms with E-state index in [1.807, 2.05) is 0 Å². The number of rotatable bonds is 3. The van der Waals surface area contributed by atoms with Crippen LogP contribution in [0, 0.1) is 0 Å². The number of ether oxygens (including phenoxy) is 3. The van der Waals surface area contributed by atoms with Crippen LogP contribution in [0.5, 0.6) is 17.4 Å². The van der Waals surface area contributed by atoms with Gasteiger partial charge in [-0.15, -0.1) is 0 Å². The third-order valence-electron chi connectivity index (χ3n) is 2.84. The van der Waals surface area contributed by atoms with Gasteiger partial charge in [0.25, 0.3) is 5.91 Å². The number of nitrogens with one attached hydrogen (secondary N) is 1. The van der Waals surface area contributed by atoms with E-state index in [-0.39, 0.29) is 12.7 Å². The third-order valence-corrected chi connectivity index (χ3v) is 2.84. The summed E-state index contributed by atoms with van der Waals surface area (Å²) < 4.78 is 15.4. The van der Waals surface area contributed by atoms with Crippen LogP contribution in [0.15, 0.2) is 36.5 Å². The Kier molecular flexibility index (Phi) is 3.12. The third kappa shape index (κ3) is 2.35. The van der Waals surface area contributed by atoms with Crippen LogP contribution < -0.4 is 19.5 Å². The Morgan fingerprint density at radius 3 is 2.85 bits per heavy atom. The van der Waals surface area contributed by atoms with Gasteiger partial charge < -0.3 is 19.5 Å². The number of amides is 1. The van der Waals surface area contributed by atoms with Gasteiger partial charge in [0.15, 0.2) is 11.5 Å². The highest BCUT2D eigenvalue weighted by molar-refractivity contribution is 6.04. The average Bonchev–Trinajstić information content (AvgIpc) is 2.95. The number of nitrogens with zero attached hydrogens (tertiary/aromatic N) is 1. The molecule has 1 aromatic heterocycles. The van der Waals surface area contributed by atoms with Crippen LogP contribution in [-0.4, -0.2) is 24.8 Å². The van der Waals surface area contributed by atoms with E-state index in [2.05, 4.69) is 10.3 Å². The first-order valence-electron chi connectivity index (χ1n) is 5.97. The van der Waals surface area contributed by atoms with Gasteiger partial charge >= 0.3 is 0 Å². The van der Waals surface area contributed by atoms with Crippen LogP contribution in [0.2, 0.25) is 0 Å². The average molecular weight is 272 g/mol. The van der Waals surface area contributed by atoms with Crippen molar-refractivity contribution in [3.63, 3.8) is 0 Å². The molecule has 1 N–H and O–H groups in total. The molecule has 0 saturated carbocycles. The van der Waals surface area contributed by atoms with Crippen molar-refractivity contribution in [2.75, 3.05) is 19.2 Å². The van der Waals surface area contributed by atoms with Crippen molar-refractivity contribution in [1.29, 1.82) is 0 Å². The number of hydrogen-bond acceptors (Lipinski definition) is 5. The number of carbonyl (C=O) groups excluding carboxylic acids is 1. The number of methoxy groups -OCH3 is 1. The molecule has 3 rings (SSSR count). The highest BCUT2D eigenvalue weighted by atomic mass is 16.7. The number of fused-ring (bicyclic) bond motifs is 1. The minimum absolute atomic E-state index is 0.183. The minimum atomic E-state index is -0.240. The first-order chi connectivity index (χ1) is 9.76. The maximum Gasteiger partial charge on any atom is 0.255 e. The van der Waals surface area contributed by atoms with Crippen molar-refractivity contribution < 1.29 is 19.0 Å². The van der Waals surface area contributed by atoms with Gasteiger partial charge in [0.2, 0.25) is 12.7 Å². The van der Waals surface area contributed by atoms with Crippen LogP contribution in [0.25, 0.3) is 0 Å². The highest BCUT2D eigenvalue weighted by Crippen LogP contribution is 2.32. The summed E-state index contributed by atoms with van der Waals surface area (Å²) in [6.07, 6.45) is 1.53. The fraction of sp³-hybridized carbons (Fsp3) is 0.143. The Morgan fingerprint density at radius 1 is 1.25 bits per heavy atom. The molecule has 0 fully saturated rings. The summed E-state index contributed by atoms with van der Waals surface area (Å²) >= 11 is 0. The summed E-state index contributed by atoms with van der Waals surface area (Å²) in [5.41, 5.74) is 1.08. The van der Waals surface area contributed by atoms with Gasteiger partial charge in [-0.3, -0.25) is 4.79 Å². The lowest BCUT2D eigenvalue weighted by molar-refractivity contribution is 0.102. The molecule has 0 atom stereocenters. The molecule has 6 nitrogen and oxygen atoms in total. The molecule has 0 unspecified atom stereocenters. The molecule has 1 aliphatic rings. The Morgan fingerprint density at radius 2 is 2.10 bits per heavy atom. The highest BCUT2D eigenvalue weighted by Gasteiger charge is 2.16. The predicted octanol–water partition coefficient (Wildman–Crippen LogP) is 2.07. The van der Waals surface area contributed by atoms with Gasteiger partial charge in [-0.25, -0.2) is 4.98 Å². The number of aromatic nitrogens is 1. The fourth-order valence-electron chi connectivity index (χ4n) is 1.82.